The van der Waals surface area contributed by atoms with Crippen LogP contribution in [0, 0.1) is 0 Å². The highest BCUT2D eigenvalue weighted by molar-refractivity contribution is 5.41. The van der Waals surface area contributed by atoms with Crippen molar-refractivity contribution < 1.29 is 4.74 Å². The Kier molecular flexibility index (Phi) is 4.78. The number of nitrogens with zero attached hydrogens (tertiary/aromatic N) is 1. The molecule has 0 saturated carbocycles. The highest BCUT2D eigenvalue weighted by atomic mass is 16.5. The highest BCUT2D eigenvalue weighted by Gasteiger charge is 1.94. The molecule has 4 heteroatoms. The van der Waals surface area contributed by atoms with Crippen LogP contribution >= 0.6 is 0 Å². The van der Waals surface area contributed by atoms with E-state index in [1.165, 1.54) is 0 Å². The molecule has 1 aromatic rings. The second kappa shape index (κ2) is 6.21. The molecule has 0 unspecified atom stereocenters. The monoisotopic (exact) mass is 195 g/mol. The Morgan fingerprint density at radius 1 is 1.50 bits per heavy atom. The molecule has 4 nitrogen and oxygen atoms in total. The van der Waals surface area contributed by atoms with Crippen molar-refractivity contribution >= 4 is 5.69 Å². The normalized spacial score (nSPS) is 9.86. The van der Waals surface area contributed by atoms with Crippen LogP contribution in [0.4, 0.5) is 5.69 Å². The Balaban J connectivity index is 2.38. The van der Waals surface area contributed by atoms with Crippen molar-refractivity contribution in [1.82, 2.24) is 4.98 Å². The Labute approximate surface area is 84.5 Å². The summed E-state index contributed by atoms with van der Waals surface area (Å²) in [5.41, 5.74) is 6.38. The van der Waals surface area contributed by atoms with E-state index in [1.807, 2.05) is 19.1 Å². The summed E-state index contributed by atoms with van der Waals surface area (Å²) in [7, 11) is 0. The van der Waals surface area contributed by atoms with Gasteiger partial charge >= 0.3 is 0 Å². The van der Waals surface area contributed by atoms with Crippen LogP contribution in [0.25, 0.3) is 0 Å². The first-order valence-electron chi connectivity index (χ1n) is 4.89. The topological polar surface area (TPSA) is 60.2 Å². The van der Waals surface area contributed by atoms with E-state index in [1.54, 1.807) is 6.20 Å². The van der Waals surface area contributed by atoms with Gasteiger partial charge in [0.2, 0.25) is 5.88 Å². The summed E-state index contributed by atoms with van der Waals surface area (Å²) >= 11 is 0. The molecular formula is C10H17N3O. The molecule has 0 fully saturated rings. The van der Waals surface area contributed by atoms with Gasteiger partial charge in [0.15, 0.2) is 0 Å². The Morgan fingerprint density at radius 2 is 2.36 bits per heavy atom. The summed E-state index contributed by atoms with van der Waals surface area (Å²) in [6, 6.07) is 3.81. The summed E-state index contributed by atoms with van der Waals surface area (Å²) in [6.07, 6.45) is 2.73. The van der Waals surface area contributed by atoms with E-state index in [9.17, 15) is 0 Å². The molecule has 78 valence electrons. The van der Waals surface area contributed by atoms with Crippen molar-refractivity contribution in [1.29, 1.82) is 0 Å². The first kappa shape index (κ1) is 10.8. The number of nitrogens with one attached hydrogen (secondary N) is 1. The second-order valence-electron chi connectivity index (χ2n) is 2.89. The molecule has 1 heterocycles. The first-order valence-corrected chi connectivity index (χ1v) is 4.89. The molecule has 0 spiro atoms. The van der Waals surface area contributed by atoms with E-state index in [2.05, 4.69) is 10.3 Å². The van der Waals surface area contributed by atoms with E-state index >= 15 is 0 Å². The lowest BCUT2D eigenvalue weighted by molar-refractivity contribution is 0.327. The average Bonchev–Trinajstić information content (AvgIpc) is 2.21. The molecule has 0 atom stereocenters. The van der Waals surface area contributed by atoms with Gasteiger partial charge in [0.05, 0.1) is 18.5 Å². The Hall–Kier alpha value is -1.29. The summed E-state index contributed by atoms with van der Waals surface area (Å²) in [4.78, 5) is 4.13. The van der Waals surface area contributed by atoms with Crippen LogP contribution in [0.3, 0.4) is 0 Å². The van der Waals surface area contributed by atoms with Gasteiger partial charge in [-0.25, -0.2) is 4.98 Å². The van der Waals surface area contributed by atoms with Crippen LogP contribution in [0.5, 0.6) is 5.88 Å². The van der Waals surface area contributed by atoms with E-state index in [4.69, 9.17) is 10.5 Å². The maximum Gasteiger partial charge on any atom is 0.213 e. The molecule has 1 aromatic heterocycles. The van der Waals surface area contributed by atoms with Gasteiger partial charge in [0.1, 0.15) is 0 Å². The minimum absolute atomic E-state index is 0.646. The number of hydrogen-bond acceptors (Lipinski definition) is 4. The average molecular weight is 195 g/mol. The molecule has 0 aliphatic heterocycles. The van der Waals surface area contributed by atoms with E-state index in [0.29, 0.717) is 19.0 Å². The van der Waals surface area contributed by atoms with Gasteiger partial charge in [0.25, 0.3) is 0 Å². The molecule has 14 heavy (non-hydrogen) atoms. The fraction of sp³-hybridized carbons (Fsp3) is 0.500. The number of ether oxygens (including phenoxy) is 1. The highest BCUT2D eigenvalue weighted by Crippen LogP contribution is 2.10. The predicted octanol–water partition coefficient (Wildman–Crippen LogP) is 1.24. The largest absolute Gasteiger partial charge is 0.478 e. The van der Waals surface area contributed by atoms with Crippen molar-refractivity contribution in [3.8, 4) is 5.88 Å². The number of nitrogens with two attached hydrogens (primary N) is 1. The van der Waals surface area contributed by atoms with Gasteiger partial charge in [-0.15, -0.1) is 0 Å². The van der Waals surface area contributed by atoms with Gasteiger partial charge in [-0.2, -0.15) is 0 Å². The lowest BCUT2D eigenvalue weighted by Gasteiger charge is -2.06. The Bertz CT molecular complexity index is 248. The standard InChI is InChI=1S/C10H17N3O/c1-2-14-10-5-4-9(8-13-10)12-7-3-6-11/h4-5,8,12H,2-3,6-7,11H2,1H3. The van der Waals surface area contributed by atoms with Gasteiger partial charge < -0.3 is 15.8 Å². The Morgan fingerprint density at radius 3 is 2.93 bits per heavy atom. The number of pyridine rings is 1. The molecule has 3 N–H and O–H groups in total. The van der Waals surface area contributed by atoms with Crippen LogP contribution in [-0.2, 0) is 0 Å². The lowest BCUT2D eigenvalue weighted by atomic mass is 10.3. The molecule has 0 saturated heterocycles. The third kappa shape index (κ3) is 3.62. The van der Waals surface area contributed by atoms with Gasteiger partial charge in [-0.1, -0.05) is 0 Å². The first-order chi connectivity index (χ1) is 6.86. The molecule has 0 amide bonds. The van der Waals surface area contributed by atoms with Crippen LogP contribution in [-0.4, -0.2) is 24.7 Å². The molecular weight excluding hydrogens is 178 g/mol. The van der Waals surface area contributed by atoms with Crippen LogP contribution < -0.4 is 15.8 Å². The van der Waals surface area contributed by atoms with Crippen molar-refractivity contribution in [2.45, 2.75) is 13.3 Å². The van der Waals surface area contributed by atoms with E-state index in [0.717, 1.165) is 18.7 Å². The summed E-state index contributed by atoms with van der Waals surface area (Å²) < 4.78 is 5.23. The van der Waals surface area contributed by atoms with E-state index < -0.39 is 0 Å². The molecule has 0 aliphatic rings. The molecule has 0 bridgehead atoms. The lowest BCUT2D eigenvalue weighted by Crippen LogP contribution is -2.08. The van der Waals surface area contributed by atoms with Crippen LogP contribution in [0.1, 0.15) is 13.3 Å². The van der Waals surface area contributed by atoms with Crippen molar-refractivity contribution in [3.05, 3.63) is 18.3 Å². The minimum atomic E-state index is 0.646. The maximum absolute atomic E-state index is 5.38. The smallest absolute Gasteiger partial charge is 0.213 e. The summed E-state index contributed by atoms with van der Waals surface area (Å²) in [5.74, 6) is 0.664. The van der Waals surface area contributed by atoms with Gasteiger partial charge in [-0.05, 0) is 26.0 Å². The van der Waals surface area contributed by atoms with Crippen molar-refractivity contribution in [2.24, 2.45) is 5.73 Å². The summed E-state index contributed by atoms with van der Waals surface area (Å²) in [6.45, 7) is 4.17. The zero-order valence-electron chi connectivity index (χ0n) is 8.49. The quantitative estimate of drug-likeness (QED) is 0.670. The van der Waals surface area contributed by atoms with Crippen LogP contribution in [0.15, 0.2) is 18.3 Å². The minimum Gasteiger partial charge on any atom is -0.478 e. The number of aromatic nitrogens is 1. The molecule has 0 radical (unpaired) electrons. The zero-order chi connectivity index (χ0) is 10.2. The fourth-order valence-electron chi connectivity index (χ4n) is 1.05. The zero-order valence-corrected chi connectivity index (χ0v) is 8.49. The third-order valence-electron chi connectivity index (χ3n) is 1.74. The molecule has 0 aliphatic carbocycles. The van der Waals surface area contributed by atoms with E-state index in [-0.39, 0.29) is 0 Å². The third-order valence-corrected chi connectivity index (χ3v) is 1.74. The number of rotatable bonds is 6. The predicted molar refractivity (Wildman–Crippen MR) is 57.6 cm³/mol. The van der Waals surface area contributed by atoms with Gasteiger partial charge in [-0.3, -0.25) is 0 Å². The fourth-order valence-corrected chi connectivity index (χ4v) is 1.05. The molecule has 1 rings (SSSR count). The van der Waals surface area contributed by atoms with Crippen LogP contribution in [0.2, 0.25) is 0 Å². The van der Waals surface area contributed by atoms with Crippen molar-refractivity contribution in [2.75, 3.05) is 25.0 Å². The van der Waals surface area contributed by atoms with Gasteiger partial charge in [0, 0.05) is 12.6 Å². The maximum atomic E-state index is 5.38. The van der Waals surface area contributed by atoms with Crippen molar-refractivity contribution in [3.63, 3.8) is 0 Å². The number of hydrogen-bond donors (Lipinski definition) is 2. The molecule has 0 aromatic carbocycles. The summed E-state index contributed by atoms with van der Waals surface area (Å²) in [5, 5.41) is 3.22. The second-order valence-corrected chi connectivity index (χ2v) is 2.89. The SMILES string of the molecule is CCOc1ccc(NCCCN)cn1. The number of anilines is 1.